The van der Waals surface area contributed by atoms with Crippen molar-refractivity contribution in [3.8, 4) is 0 Å². The normalized spacial score (nSPS) is 19.6. The van der Waals surface area contributed by atoms with Gasteiger partial charge >= 0.3 is 0 Å². The third-order valence-electron chi connectivity index (χ3n) is 2.97. The molecule has 2 aromatic rings. The zero-order valence-electron chi connectivity index (χ0n) is 9.18. The summed E-state index contributed by atoms with van der Waals surface area (Å²) in [5.41, 5.74) is 1.26. The Morgan fingerprint density at radius 3 is 2.75 bits per heavy atom. The molecule has 0 unspecified atom stereocenters. The Balaban J connectivity index is 2.17. The standard InChI is InChI=1S/C14H13NO/c1-10-15-14(9-16-10)13-8-4-6-11-5-2-3-7-12(11)13/h2-8,14H,9H2,1H3/t14-/m1/s1. The first kappa shape index (κ1) is 9.40. The first-order chi connectivity index (χ1) is 7.84. The van der Waals surface area contributed by atoms with Gasteiger partial charge in [0.2, 0.25) is 0 Å². The Labute approximate surface area is 94.6 Å². The summed E-state index contributed by atoms with van der Waals surface area (Å²) in [6.07, 6.45) is 0. The molecule has 0 spiro atoms. The Kier molecular flexibility index (Phi) is 2.13. The van der Waals surface area contributed by atoms with E-state index in [1.807, 2.05) is 6.92 Å². The predicted molar refractivity (Wildman–Crippen MR) is 65.8 cm³/mol. The molecule has 2 nitrogen and oxygen atoms in total. The maximum Gasteiger partial charge on any atom is 0.180 e. The summed E-state index contributed by atoms with van der Waals surface area (Å²) in [6, 6.07) is 14.9. The summed E-state index contributed by atoms with van der Waals surface area (Å²) in [6.45, 7) is 2.57. The molecule has 80 valence electrons. The van der Waals surface area contributed by atoms with Gasteiger partial charge in [0, 0.05) is 6.92 Å². The van der Waals surface area contributed by atoms with E-state index in [1.165, 1.54) is 16.3 Å². The number of hydrogen-bond acceptors (Lipinski definition) is 2. The molecule has 1 aliphatic heterocycles. The molecule has 0 fully saturated rings. The van der Waals surface area contributed by atoms with Crippen molar-refractivity contribution in [2.45, 2.75) is 13.0 Å². The van der Waals surface area contributed by atoms with E-state index in [4.69, 9.17) is 4.74 Å². The highest BCUT2D eigenvalue weighted by atomic mass is 16.5. The Hall–Kier alpha value is -1.83. The quantitative estimate of drug-likeness (QED) is 0.709. The summed E-state index contributed by atoms with van der Waals surface area (Å²) in [7, 11) is 0. The van der Waals surface area contributed by atoms with Gasteiger partial charge in [-0.25, -0.2) is 4.99 Å². The number of ether oxygens (including phenoxy) is 1. The van der Waals surface area contributed by atoms with Gasteiger partial charge in [-0.2, -0.15) is 0 Å². The van der Waals surface area contributed by atoms with Crippen molar-refractivity contribution < 1.29 is 4.74 Å². The Bertz CT molecular complexity index is 554. The number of aliphatic imine (C=N–C) groups is 1. The van der Waals surface area contributed by atoms with Gasteiger partial charge in [-0.3, -0.25) is 0 Å². The molecule has 1 atom stereocenters. The number of nitrogens with zero attached hydrogens (tertiary/aromatic N) is 1. The fourth-order valence-electron chi connectivity index (χ4n) is 2.19. The molecule has 1 heterocycles. The van der Waals surface area contributed by atoms with Gasteiger partial charge in [-0.1, -0.05) is 42.5 Å². The van der Waals surface area contributed by atoms with Crippen LogP contribution in [0.15, 0.2) is 47.5 Å². The summed E-state index contributed by atoms with van der Waals surface area (Å²) in [5, 5.41) is 2.54. The lowest BCUT2D eigenvalue weighted by atomic mass is 10.00. The first-order valence-electron chi connectivity index (χ1n) is 5.49. The molecule has 1 aliphatic rings. The van der Waals surface area contributed by atoms with E-state index in [0.29, 0.717) is 6.61 Å². The number of benzene rings is 2. The van der Waals surface area contributed by atoms with E-state index < -0.39 is 0 Å². The monoisotopic (exact) mass is 211 g/mol. The second-order valence-corrected chi connectivity index (χ2v) is 4.04. The van der Waals surface area contributed by atoms with Gasteiger partial charge < -0.3 is 4.74 Å². The predicted octanol–water partition coefficient (Wildman–Crippen LogP) is 3.33. The van der Waals surface area contributed by atoms with E-state index in [2.05, 4.69) is 47.5 Å². The SMILES string of the molecule is CC1=N[C@@H](c2cccc3ccccc23)CO1. The van der Waals surface area contributed by atoms with Crippen LogP contribution < -0.4 is 0 Å². The van der Waals surface area contributed by atoms with Crippen LogP contribution in [0, 0.1) is 0 Å². The van der Waals surface area contributed by atoms with Gasteiger partial charge in [0.15, 0.2) is 5.90 Å². The second-order valence-electron chi connectivity index (χ2n) is 4.04. The van der Waals surface area contributed by atoms with Crippen molar-refractivity contribution in [1.82, 2.24) is 0 Å². The highest BCUT2D eigenvalue weighted by Crippen LogP contribution is 2.29. The van der Waals surface area contributed by atoms with Gasteiger partial charge in [0.25, 0.3) is 0 Å². The zero-order chi connectivity index (χ0) is 11.0. The van der Waals surface area contributed by atoms with E-state index >= 15 is 0 Å². The zero-order valence-corrected chi connectivity index (χ0v) is 9.18. The highest BCUT2D eigenvalue weighted by molar-refractivity contribution is 5.87. The molecule has 0 radical (unpaired) electrons. The fraction of sp³-hybridized carbons (Fsp3) is 0.214. The van der Waals surface area contributed by atoms with E-state index in [9.17, 15) is 0 Å². The van der Waals surface area contributed by atoms with E-state index in [0.717, 1.165) is 5.90 Å². The van der Waals surface area contributed by atoms with Crippen molar-refractivity contribution >= 4 is 16.7 Å². The third kappa shape index (κ3) is 1.47. The van der Waals surface area contributed by atoms with Crippen LogP contribution in [0.25, 0.3) is 10.8 Å². The molecule has 0 aliphatic carbocycles. The van der Waals surface area contributed by atoms with Crippen LogP contribution >= 0.6 is 0 Å². The lowest BCUT2D eigenvalue weighted by Crippen LogP contribution is -1.98. The van der Waals surface area contributed by atoms with Crippen molar-refractivity contribution in [3.63, 3.8) is 0 Å². The van der Waals surface area contributed by atoms with Crippen molar-refractivity contribution in [3.05, 3.63) is 48.0 Å². The van der Waals surface area contributed by atoms with Gasteiger partial charge in [0.1, 0.15) is 12.6 Å². The average molecular weight is 211 g/mol. The topological polar surface area (TPSA) is 21.6 Å². The molecular weight excluding hydrogens is 198 g/mol. The van der Waals surface area contributed by atoms with E-state index in [-0.39, 0.29) is 6.04 Å². The van der Waals surface area contributed by atoms with Crippen LogP contribution in [0.1, 0.15) is 18.5 Å². The molecule has 0 aromatic heterocycles. The van der Waals surface area contributed by atoms with Crippen LogP contribution in [-0.4, -0.2) is 12.5 Å². The smallest absolute Gasteiger partial charge is 0.180 e. The molecule has 2 heteroatoms. The van der Waals surface area contributed by atoms with Gasteiger partial charge in [0.05, 0.1) is 0 Å². The molecule has 0 saturated heterocycles. The van der Waals surface area contributed by atoms with Crippen LogP contribution in [0.4, 0.5) is 0 Å². The minimum absolute atomic E-state index is 0.158. The Morgan fingerprint density at radius 1 is 1.12 bits per heavy atom. The largest absolute Gasteiger partial charge is 0.479 e. The molecule has 0 saturated carbocycles. The first-order valence-corrected chi connectivity index (χ1v) is 5.49. The molecule has 0 bridgehead atoms. The maximum atomic E-state index is 5.42. The lowest BCUT2D eigenvalue weighted by Gasteiger charge is -2.09. The lowest BCUT2D eigenvalue weighted by molar-refractivity contribution is 0.317. The minimum Gasteiger partial charge on any atom is -0.479 e. The summed E-state index contributed by atoms with van der Waals surface area (Å²) in [5.74, 6) is 0.790. The van der Waals surface area contributed by atoms with Gasteiger partial charge in [-0.15, -0.1) is 0 Å². The van der Waals surface area contributed by atoms with Gasteiger partial charge in [-0.05, 0) is 16.3 Å². The number of fused-ring (bicyclic) bond motifs is 1. The minimum atomic E-state index is 0.158. The number of rotatable bonds is 1. The Morgan fingerprint density at radius 2 is 1.94 bits per heavy atom. The van der Waals surface area contributed by atoms with Crippen LogP contribution in [0.2, 0.25) is 0 Å². The summed E-state index contributed by atoms with van der Waals surface area (Å²) >= 11 is 0. The van der Waals surface area contributed by atoms with Crippen LogP contribution in [0.5, 0.6) is 0 Å². The van der Waals surface area contributed by atoms with Crippen molar-refractivity contribution in [2.75, 3.05) is 6.61 Å². The van der Waals surface area contributed by atoms with Crippen LogP contribution in [-0.2, 0) is 4.74 Å². The molecule has 0 amide bonds. The average Bonchev–Trinajstić information content (AvgIpc) is 2.75. The molecule has 3 rings (SSSR count). The molecule has 0 N–H and O–H groups in total. The molecule has 2 aromatic carbocycles. The van der Waals surface area contributed by atoms with Crippen molar-refractivity contribution in [1.29, 1.82) is 0 Å². The highest BCUT2D eigenvalue weighted by Gasteiger charge is 2.19. The van der Waals surface area contributed by atoms with Crippen LogP contribution in [0.3, 0.4) is 0 Å². The molecule has 16 heavy (non-hydrogen) atoms. The third-order valence-corrected chi connectivity index (χ3v) is 2.97. The summed E-state index contributed by atoms with van der Waals surface area (Å²) < 4.78 is 5.42. The maximum absolute atomic E-state index is 5.42. The van der Waals surface area contributed by atoms with Crippen molar-refractivity contribution in [2.24, 2.45) is 4.99 Å². The summed E-state index contributed by atoms with van der Waals surface area (Å²) in [4.78, 5) is 4.50. The second kappa shape index (κ2) is 3.63. The van der Waals surface area contributed by atoms with E-state index in [1.54, 1.807) is 0 Å². The fourth-order valence-corrected chi connectivity index (χ4v) is 2.19. The molecular formula is C14H13NO. The number of hydrogen-bond donors (Lipinski definition) is 0.